The zero-order chi connectivity index (χ0) is 24.8. The Morgan fingerprint density at radius 1 is 1.00 bits per heavy atom. The van der Waals surface area contributed by atoms with Crippen LogP contribution < -0.4 is 15.5 Å². The first-order valence-corrected chi connectivity index (χ1v) is 11.7. The van der Waals surface area contributed by atoms with Crippen molar-refractivity contribution in [3.63, 3.8) is 0 Å². The van der Waals surface area contributed by atoms with Crippen LogP contribution in [0.3, 0.4) is 0 Å². The number of anilines is 2. The van der Waals surface area contributed by atoms with Gasteiger partial charge in [-0.2, -0.15) is 0 Å². The van der Waals surface area contributed by atoms with Crippen LogP contribution in [-0.4, -0.2) is 71.1 Å². The molecular weight excluding hydrogens is 468 g/mol. The van der Waals surface area contributed by atoms with Crippen LogP contribution in [-0.2, 0) is 4.79 Å². The smallest absolute Gasteiger partial charge is 0.257 e. The molecule has 2 aromatic carbocycles. The number of benzene rings is 2. The zero-order valence-electron chi connectivity index (χ0n) is 19.4. The van der Waals surface area contributed by atoms with Gasteiger partial charge in [0.2, 0.25) is 5.91 Å². The molecule has 0 unspecified atom stereocenters. The average Bonchev–Trinajstić information content (AvgIpc) is 2.87. The van der Waals surface area contributed by atoms with Crippen molar-refractivity contribution in [1.29, 1.82) is 0 Å². The number of nitrogens with zero attached hydrogens (tertiary/aromatic N) is 4. The number of aromatic hydroxyl groups is 1. The number of phenols is 1. The lowest BCUT2D eigenvalue weighted by Gasteiger charge is -2.35. The Morgan fingerprint density at radius 2 is 1.71 bits per heavy atom. The van der Waals surface area contributed by atoms with Gasteiger partial charge in [-0.25, -0.2) is 9.97 Å². The number of nitrogens with one attached hydrogen (secondary N) is 2. The van der Waals surface area contributed by atoms with Gasteiger partial charge in [0, 0.05) is 62.8 Å². The maximum atomic E-state index is 12.9. The molecule has 2 amide bonds. The average molecular weight is 495 g/mol. The van der Waals surface area contributed by atoms with Gasteiger partial charge in [-0.3, -0.25) is 9.59 Å². The predicted molar refractivity (Wildman–Crippen MR) is 136 cm³/mol. The third-order valence-corrected chi connectivity index (χ3v) is 5.90. The van der Waals surface area contributed by atoms with Crippen LogP contribution >= 0.6 is 11.6 Å². The van der Waals surface area contributed by atoms with E-state index < -0.39 is 0 Å². The summed E-state index contributed by atoms with van der Waals surface area (Å²) in [5.41, 5.74) is 1.13. The summed E-state index contributed by atoms with van der Waals surface area (Å²) >= 11 is 6.04. The van der Waals surface area contributed by atoms with Gasteiger partial charge >= 0.3 is 0 Å². The lowest BCUT2D eigenvalue weighted by molar-refractivity contribution is -0.118. The van der Waals surface area contributed by atoms with Gasteiger partial charge in [0.05, 0.1) is 5.56 Å². The van der Waals surface area contributed by atoms with Gasteiger partial charge in [-0.1, -0.05) is 23.7 Å². The van der Waals surface area contributed by atoms with E-state index in [1.54, 1.807) is 35.2 Å². The molecule has 0 saturated carbocycles. The van der Waals surface area contributed by atoms with E-state index in [1.165, 1.54) is 13.0 Å². The lowest BCUT2D eigenvalue weighted by atomic mass is 10.1. The summed E-state index contributed by atoms with van der Waals surface area (Å²) in [6.45, 7) is 4.63. The van der Waals surface area contributed by atoms with Gasteiger partial charge in [0.15, 0.2) is 5.82 Å². The first-order valence-electron chi connectivity index (χ1n) is 11.4. The molecule has 1 aliphatic rings. The van der Waals surface area contributed by atoms with Crippen LogP contribution in [0.5, 0.6) is 5.75 Å². The SMILES string of the molecule is CC(=O)NCCNc1cc(N2CCN(C(=O)c3ccccc3O)CC2)nc(-c2ccc(Cl)cc2)n1. The molecule has 9 nitrogen and oxygen atoms in total. The predicted octanol–water partition coefficient (Wildman–Crippen LogP) is 3.01. The molecule has 0 spiro atoms. The topological polar surface area (TPSA) is 111 Å². The molecular formula is C25H27ClN6O3. The summed E-state index contributed by atoms with van der Waals surface area (Å²) in [7, 11) is 0. The molecule has 182 valence electrons. The molecule has 1 fully saturated rings. The minimum atomic E-state index is -0.187. The van der Waals surface area contributed by atoms with Crippen LogP contribution in [0, 0.1) is 0 Å². The fourth-order valence-corrected chi connectivity index (χ4v) is 3.93. The highest BCUT2D eigenvalue weighted by molar-refractivity contribution is 6.30. The molecule has 3 N–H and O–H groups in total. The molecule has 0 bridgehead atoms. The zero-order valence-corrected chi connectivity index (χ0v) is 20.1. The number of hydrogen-bond donors (Lipinski definition) is 3. The van der Waals surface area contributed by atoms with Crippen molar-refractivity contribution in [2.45, 2.75) is 6.92 Å². The molecule has 0 aliphatic carbocycles. The molecule has 1 aliphatic heterocycles. The highest BCUT2D eigenvalue weighted by Crippen LogP contribution is 2.25. The monoisotopic (exact) mass is 494 g/mol. The largest absolute Gasteiger partial charge is 0.507 e. The number of aromatic nitrogens is 2. The van der Waals surface area contributed by atoms with Crippen molar-refractivity contribution in [1.82, 2.24) is 20.2 Å². The molecule has 35 heavy (non-hydrogen) atoms. The van der Waals surface area contributed by atoms with Gasteiger partial charge in [0.25, 0.3) is 5.91 Å². The molecule has 3 aromatic rings. The summed E-state index contributed by atoms with van der Waals surface area (Å²) in [5.74, 6) is 1.63. The van der Waals surface area contributed by atoms with Crippen molar-refractivity contribution in [3.8, 4) is 17.1 Å². The number of piperazine rings is 1. The Balaban J connectivity index is 1.50. The fraction of sp³-hybridized carbons (Fsp3) is 0.280. The van der Waals surface area contributed by atoms with Gasteiger partial charge in [-0.05, 0) is 36.4 Å². The second-order valence-electron chi connectivity index (χ2n) is 8.15. The van der Waals surface area contributed by atoms with E-state index in [0.29, 0.717) is 61.5 Å². The van der Waals surface area contributed by atoms with E-state index in [4.69, 9.17) is 16.6 Å². The third-order valence-electron chi connectivity index (χ3n) is 5.65. The van der Waals surface area contributed by atoms with Gasteiger partial charge < -0.3 is 25.5 Å². The molecule has 1 aromatic heterocycles. The van der Waals surface area contributed by atoms with Gasteiger partial charge in [0.1, 0.15) is 17.4 Å². The maximum Gasteiger partial charge on any atom is 0.257 e. The highest BCUT2D eigenvalue weighted by Gasteiger charge is 2.25. The van der Waals surface area contributed by atoms with E-state index in [2.05, 4.69) is 20.5 Å². The van der Waals surface area contributed by atoms with E-state index in [0.717, 1.165) is 11.4 Å². The van der Waals surface area contributed by atoms with E-state index in [9.17, 15) is 14.7 Å². The van der Waals surface area contributed by atoms with E-state index in [-0.39, 0.29) is 17.6 Å². The summed E-state index contributed by atoms with van der Waals surface area (Å²) in [6.07, 6.45) is 0. The number of hydrogen-bond acceptors (Lipinski definition) is 7. The quantitative estimate of drug-likeness (QED) is 0.433. The Kier molecular flexibility index (Phi) is 7.67. The highest BCUT2D eigenvalue weighted by atomic mass is 35.5. The molecule has 2 heterocycles. The number of amides is 2. The van der Waals surface area contributed by atoms with E-state index in [1.807, 2.05) is 18.2 Å². The van der Waals surface area contributed by atoms with Crippen LogP contribution in [0.15, 0.2) is 54.6 Å². The van der Waals surface area contributed by atoms with Crippen molar-refractivity contribution < 1.29 is 14.7 Å². The number of carbonyl (C=O) groups is 2. The molecule has 1 saturated heterocycles. The van der Waals surface area contributed by atoms with Crippen LogP contribution in [0.4, 0.5) is 11.6 Å². The molecule has 0 radical (unpaired) electrons. The first kappa shape index (κ1) is 24.3. The minimum Gasteiger partial charge on any atom is -0.507 e. The number of halogens is 1. The van der Waals surface area contributed by atoms with Crippen molar-refractivity contribution in [3.05, 3.63) is 65.2 Å². The second-order valence-corrected chi connectivity index (χ2v) is 8.58. The number of para-hydroxylation sites is 1. The lowest BCUT2D eigenvalue weighted by Crippen LogP contribution is -2.49. The second kappa shape index (κ2) is 11.1. The van der Waals surface area contributed by atoms with Crippen LogP contribution in [0.2, 0.25) is 5.02 Å². The van der Waals surface area contributed by atoms with Gasteiger partial charge in [-0.15, -0.1) is 0 Å². The Hall–Kier alpha value is -3.85. The van der Waals surface area contributed by atoms with Crippen molar-refractivity contribution in [2.24, 2.45) is 0 Å². The summed E-state index contributed by atoms with van der Waals surface area (Å²) in [4.78, 5) is 37.2. The molecule has 10 heteroatoms. The molecule has 0 atom stereocenters. The van der Waals surface area contributed by atoms with Crippen molar-refractivity contribution in [2.75, 3.05) is 49.5 Å². The third kappa shape index (κ3) is 6.19. The number of rotatable bonds is 7. The van der Waals surface area contributed by atoms with Crippen LogP contribution in [0.1, 0.15) is 17.3 Å². The Morgan fingerprint density at radius 3 is 2.40 bits per heavy atom. The standard InChI is InChI=1S/C25H27ClN6O3/c1-17(33)27-10-11-28-22-16-23(30-24(29-22)18-6-8-19(26)9-7-18)31-12-14-32(15-13-31)25(35)20-4-2-3-5-21(20)34/h2-9,16,34H,10-15H2,1H3,(H,27,33)(H,28,29,30). The van der Waals surface area contributed by atoms with Crippen molar-refractivity contribution >= 4 is 35.1 Å². The minimum absolute atomic E-state index is 0.0154. The summed E-state index contributed by atoms with van der Waals surface area (Å²) in [5, 5.41) is 16.7. The summed E-state index contributed by atoms with van der Waals surface area (Å²) in [6, 6.07) is 15.8. The number of carbonyl (C=O) groups excluding carboxylic acids is 2. The normalized spacial score (nSPS) is 13.4. The maximum absolute atomic E-state index is 12.9. The number of phenolic OH excluding ortho intramolecular Hbond substituents is 1. The Bertz CT molecular complexity index is 1200. The fourth-order valence-electron chi connectivity index (χ4n) is 3.81. The first-order chi connectivity index (χ1) is 16.9. The van der Waals surface area contributed by atoms with Crippen LogP contribution in [0.25, 0.3) is 11.4 Å². The Labute approximate surface area is 208 Å². The summed E-state index contributed by atoms with van der Waals surface area (Å²) < 4.78 is 0. The van der Waals surface area contributed by atoms with E-state index >= 15 is 0 Å². The molecule has 4 rings (SSSR count).